The first kappa shape index (κ1) is 12.4. The molecule has 1 aliphatic rings. The van der Waals surface area contributed by atoms with E-state index in [0.29, 0.717) is 6.61 Å². The summed E-state index contributed by atoms with van der Waals surface area (Å²) >= 11 is 0. The van der Waals surface area contributed by atoms with Crippen molar-refractivity contribution in [2.75, 3.05) is 18.9 Å². The zero-order valence-corrected chi connectivity index (χ0v) is 9.50. The molecule has 1 heterocycles. The Balaban J connectivity index is 2.37. The molecule has 6 nitrogen and oxygen atoms in total. The molecule has 1 unspecified atom stereocenters. The molecule has 0 aromatic carbocycles. The number of hydrogen-bond acceptors (Lipinski definition) is 5. The monoisotopic (exact) mass is 234 g/mol. The van der Waals surface area contributed by atoms with Gasteiger partial charge in [0.15, 0.2) is 11.5 Å². The molecule has 0 aromatic heterocycles. The maximum Gasteiger partial charge on any atom is 0.225 e. The van der Waals surface area contributed by atoms with Crippen molar-refractivity contribution in [1.82, 2.24) is 4.72 Å². The molecule has 0 bridgehead atoms. The van der Waals surface area contributed by atoms with Crippen molar-refractivity contribution >= 4 is 10.0 Å². The lowest BCUT2D eigenvalue weighted by Crippen LogP contribution is -2.35. The maximum absolute atomic E-state index is 11.1. The zero-order valence-electron chi connectivity index (χ0n) is 8.69. The number of nitriles is 1. The molecule has 1 rings (SSSR count). The Labute approximate surface area is 89.2 Å². The molecular weight excluding hydrogens is 220 g/mol. The lowest BCUT2D eigenvalue weighted by Gasteiger charge is -2.17. The molecule has 1 N–H and O–H groups in total. The largest absolute Gasteiger partial charge is 0.348 e. The maximum atomic E-state index is 11.1. The van der Waals surface area contributed by atoms with Crippen LogP contribution in [0.3, 0.4) is 0 Å². The van der Waals surface area contributed by atoms with Gasteiger partial charge in [-0.1, -0.05) is 0 Å². The fourth-order valence-corrected chi connectivity index (χ4v) is 1.93. The average molecular weight is 234 g/mol. The predicted molar refractivity (Wildman–Crippen MR) is 52.3 cm³/mol. The Morgan fingerprint density at radius 3 is 2.73 bits per heavy atom. The molecule has 0 aromatic rings. The number of sulfonamides is 1. The van der Waals surface area contributed by atoms with Gasteiger partial charge in [0.2, 0.25) is 10.0 Å². The van der Waals surface area contributed by atoms with E-state index < -0.39 is 21.6 Å². The summed E-state index contributed by atoms with van der Waals surface area (Å²) in [6.45, 7) is 4.00. The van der Waals surface area contributed by atoms with Gasteiger partial charge in [0.25, 0.3) is 0 Å². The Hall–Kier alpha value is -0.680. The number of ether oxygens (including phenoxy) is 2. The van der Waals surface area contributed by atoms with E-state index >= 15 is 0 Å². The van der Waals surface area contributed by atoms with Gasteiger partial charge in [-0.3, -0.25) is 0 Å². The summed E-state index contributed by atoms with van der Waals surface area (Å²) < 4.78 is 35.2. The van der Waals surface area contributed by atoms with Crippen LogP contribution in [0.15, 0.2) is 0 Å². The number of hydrogen-bond donors (Lipinski definition) is 1. The highest BCUT2D eigenvalue weighted by Crippen LogP contribution is 2.21. The van der Waals surface area contributed by atoms with Gasteiger partial charge in [-0.15, -0.1) is 0 Å². The summed E-state index contributed by atoms with van der Waals surface area (Å²) in [6.07, 6.45) is -0.298. The summed E-state index contributed by atoms with van der Waals surface area (Å²) in [4.78, 5) is 0. The van der Waals surface area contributed by atoms with Crippen molar-refractivity contribution in [3.8, 4) is 6.07 Å². The molecule has 86 valence electrons. The van der Waals surface area contributed by atoms with Crippen molar-refractivity contribution in [3.05, 3.63) is 0 Å². The predicted octanol–water partition coefficient (Wildman–Crippen LogP) is -0.419. The van der Waals surface area contributed by atoms with E-state index in [4.69, 9.17) is 14.7 Å². The minimum atomic E-state index is -3.50. The first-order valence-electron chi connectivity index (χ1n) is 4.51. The van der Waals surface area contributed by atoms with Crippen LogP contribution in [0.1, 0.15) is 13.8 Å². The normalized spacial score (nSPS) is 25.0. The first-order chi connectivity index (χ1) is 6.85. The van der Waals surface area contributed by atoms with Gasteiger partial charge < -0.3 is 9.47 Å². The van der Waals surface area contributed by atoms with E-state index in [1.165, 1.54) is 0 Å². The highest BCUT2D eigenvalue weighted by Gasteiger charge is 2.32. The van der Waals surface area contributed by atoms with Crippen LogP contribution in [0.25, 0.3) is 0 Å². The Morgan fingerprint density at radius 2 is 2.27 bits per heavy atom. The van der Waals surface area contributed by atoms with Crippen molar-refractivity contribution in [1.29, 1.82) is 5.26 Å². The third kappa shape index (κ3) is 4.13. The highest BCUT2D eigenvalue weighted by molar-refractivity contribution is 7.89. The van der Waals surface area contributed by atoms with E-state index in [9.17, 15) is 8.42 Å². The minimum Gasteiger partial charge on any atom is -0.348 e. The fourth-order valence-electron chi connectivity index (χ4n) is 1.22. The van der Waals surface area contributed by atoms with Crippen molar-refractivity contribution in [3.63, 3.8) is 0 Å². The van der Waals surface area contributed by atoms with Crippen LogP contribution in [0, 0.1) is 11.3 Å². The summed E-state index contributed by atoms with van der Waals surface area (Å²) in [5.74, 6) is -1.20. The third-order valence-corrected chi connectivity index (χ3v) is 2.97. The third-order valence-electron chi connectivity index (χ3n) is 1.85. The van der Waals surface area contributed by atoms with Gasteiger partial charge in [0, 0.05) is 6.54 Å². The van der Waals surface area contributed by atoms with Crippen LogP contribution >= 0.6 is 0 Å². The lowest BCUT2D eigenvalue weighted by molar-refractivity contribution is -0.137. The molecule has 15 heavy (non-hydrogen) atoms. The molecule has 1 saturated heterocycles. The highest BCUT2D eigenvalue weighted by atomic mass is 32.2. The molecule has 0 saturated carbocycles. The van der Waals surface area contributed by atoms with E-state index in [-0.39, 0.29) is 12.6 Å². The quantitative estimate of drug-likeness (QED) is 0.713. The second-order valence-electron chi connectivity index (χ2n) is 3.72. The number of nitrogens with zero attached hydrogens (tertiary/aromatic N) is 1. The van der Waals surface area contributed by atoms with Crippen LogP contribution in [0.2, 0.25) is 0 Å². The number of nitrogens with one attached hydrogen (secondary N) is 1. The van der Waals surface area contributed by atoms with Crippen LogP contribution < -0.4 is 4.72 Å². The van der Waals surface area contributed by atoms with Crippen LogP contribution in [-0.2, 0) is 19.5 Å². The minimum absolute atomic E-state index is 0.132. The van der Waals surface area contributed by atoms with Gasteiger partial charge in [-0.05, 0) is 13.8 Å². The molecule has 1 aliphatic heterocycles. The molecular formula is C8H14N2O4S. The van der Waals surface area contributed by atoms with Gasteiger partial charge in [-0.2, -0.15) is 5.26 Å². The molecule has 0 amide bonds. The van der Waals surface area contributed by atoms with Crippen molar-refractivity contribution < 1.29 is 17.9 Å². The van der Waals surface area contributed by atoms with Gasteiger partial charge in [0.1, 0.15) is 0 Å². The molecule has 0 spiro atoms. The molecule has 1 fully saturated rings. The van der Waals surface area contributed by atoms with Crippen LogP contribution in [0.4, 0.5) is 0 Å². The van der Waals surface area contributed by atoms with E-state index in [2.05, 4.69) is 4.72 Å². The molecule has 7 heteroatoms. The van der Waals surface area contributed by atoms with Crippen molar-refractivity contribution in [2.24, 2.45) is 0 Å². The smallest absolute Gasteiger partial charge is 0.225 e. The van der Waals surface area contributed by atoms with E-state index in [0.717, 1.165) is 0 Å². The zero-order chi connectivity index (χ0) is 11.5. The van der Waals surface area contributed by atoms with Crippen LogP contribution in [0.5, 0.6) is 0 Å². The lowest BCUT2D eigenvalue weighted by atomic mass is 10.4. The first-order valence-corrected chi connectivity index (χ1v) is 6.16. The van der Waals surface area contributed by atoms with E-state index in [1.54, 1.807) is 19.9 Å². The molecule has 0 radical (unpaired) electrons. The van der Waals surface area contributed by atoms with Gasteiger partial charge in [-0.25, -0.2) is 13.1 Å². The Kier molecular flexibility index (Phi) is 3.67. The second-order valence-corrected chi connectivity index (χ2v) is 5.52. The fraction of sp³-hybridized carbons (Fsp3) is 0.875. The summed E-state index contributed by atoms with van der Waals surface area (Å²) in [5.41, 5.74) is 0. The Morgan fingerprint density at radius 1 is 1.60 bits per heavy atom. The Bertz CT molecular complexity index is 357. The topological polar surface area (TPSA) is 88.4 Å². The SMILES string of the molecule is CC1(C)OCC(CNS(=O)(=O)CC#N)O1. The summed E-state index contributed by atoms with van der Waals surface area (Å²) in [7, 11) is -3.50. The van der Waals surface area contributed by atoms with Gasteiger partial charge >= 0.3 is 0 Å². The second kappa shape index (κ2) is 4.45. The standard InChI is InChI=1S/C8H14N2O4S/c1-8(2)13-6-7(14-8)5-10-15(11,12)4-3-9/h7,10H,4-6H2,1-2H3. The molecule has 0 aliphatic carbocycles. The average Bonchev–Trinajstić information content (AvgIpc) is 2.42. The van der Waals surface area contributed by atoms with Gasteiger partial charge in [0.05, 0.1) is 18.8 Å². The summed E-state index contributed by atoms with van der Waals surface area (Å²) in [6, 6.07) is 1.58. The summed E-state index contributed by atoms with van der Waals surface area (Å²) in [5, 5.41) is 8.25. The number of rotatable bonds is 4. The van der Waals surface area contributed by atoms with Crippen molar-refractivity contribution in [2.45, 2.75) is 25.7 Å². The van der Waals surface area contributed by atoms with E-state index in [1.807, 2.05) is 0 Å². The molecule has 1 atom stereocenters. The van der Waals surface area contributed by atoms with Crippen LogP contribution in [-0.4, -0.2) is 39.2 Å².